The first-order valence-corrected chi connectivity index (χ1v) is 4.32. The molecule has 0 saturated carbocycles. The summed E-state index contributed by atoms with van der Waals surface area (Å²) in [6.45, 7) is 6.23. The number of carbonyl (C=O) groups is 1. The van der Waals surface area contributed by atoms with Gasteiger partial charge in [0.1, 0.15) is 11.9 Å². The molecule has 0 aliphatic carbocycles. The summed E-state index contributed by atoms with van der Waals surface area (Å²) in [7, 11) is 0. The lowest BCUT2D eigenvalue weighted by molar-refractivity contribution is 0.0144. The van der Waals surface area contributed by atoms with Crippen LogP contribution in [0.2, 0.25) is 0 Å². The molecule has 0 bridgehead atoms. The highest BCUT2D eigenvalue weighted by Crippen LogP contribution is 2.10. The summed E-state index contributed by atoms with van der Waals surface area (Å²) in [4.78, 5) is 10.6. The van der Waals surface area contributed by atoms with E-state index < -0.39 is 0 Å². The second kappa shape index (κ2) is 4.18. The zero-order valence-electron chi connectivity index (χ0n) is 8.15. The van der Waals surface area contributed by atoms with Gasteiger partial charge >= 0.3 is 0 Å². The Morgan fingerprint density at radius 3 is 3.00 bits per heavy atom. The Balaban J connectivity index is 2.91. The van der Waals surface area contributed by atoms with Crippen molar-refractivity contribution < 1.29 is 9.53 Å². The van der Waals surface area contributed by atoms with Crippen LogP contribution in [0.25, 0.3) is 0 Å². The lowest BCUT2D eigenvalue weighted by Gasteiger charge is -2.12. The Morgan fingerprint density at radius 2 is 2.46 bits per heavy atom. The van der Waals surface area contributed by atoms with Gasteiger partial charge in [-0.05, 0) is 26.8 Å². The van der Waals surface area contributed by atoms with Gasteiger partial charge in [-0.15, -0.1) is 0 Å². The van der Waals surface area contributed by atoms with Crippen LogP contribution in [-0.4, -0.2) is 22.7 Å². The quantitative estimate of drug-likeness (QED) is 0.664. The molecule has 1 rings (SSSR count). The number of aldehydes is 1. The third-order valence-corrected chi connectivity index (χ3v) is 1.76. The van der Waals surface area contributed by atoms with Gasteiger partial charge in [-0.25, -0.2) is 4.68 Å². The Labute approximate surface area is 77.5 Å². The van der Waals surface area contributed by atoms with E-state index in [-0.39, 0.29) is 6.23 Å². The number of ether oxygens (including phenoxy) is 1. The molecule has 1 aromatic rings. The minimum absolute atomic E-state index is 0.182. The third-order valence-electron chi connectivity index (χ3n) is 1.76. The molecule has 0 saturated heterocycles. The standard InChI is InChI=1S/C9H14N2O2/c1-4-13-8(3)11-9(6-12)5-7(2)10-11/h5-6,8H,4H2,1-3H3/t8-/m0/s1. The van der Waals surface area contributed by atoms with Crippen molar-refractivity contribution in [2.24, 2.45) is 0 Å². The Hall–Kier alpha value is -1.16. The maximum atomic E-state index is 10.6. The van der Waals surface area contributed by atoms with Gasteiger partial charge < -0.3 is 4.74 Å². The monoisotopic (exact) mass is 182 g/mol. The van der Waals surface area contributed by atoms with Crippen molar-refractivity contribution in [2.75, 3.05) is 6.61 Å². The van der Waals surface area contributed by atoms with Gasteiger partial charge in [0.25, 0.3) is 0 Å². The fourth-order valence-corrected chi connectivity index (χ4v) is 1.23. The van der Waals surface area contributed by atoms with Gasteiger partial charge in [0, 0.05) is 6.61 Å². The summed E-state index contributed by atoms with van der Waals surface area (Å²) in [6, 6.07) is 1.74. The van der Waals surface area contributed by atoms with E-state index in [1.165, 1.54) is 0 Å². The molecule has 1 heterocycles. The van der Waals surface area contributed by atoms with E-state index in [2.05, 4.69) is 5.10 Å². The van der Waals surface area contributed by atoms with E-state index in [0.717, 1.165) is 12.0 Å². The van der Waals surface area contributed by atoms with Crippen LogP contribution in [0.5, 0.6) is 0 Å². The predicted octanol–water partition coefficient (Wildman–Crippen LogP) is 1.56. The average molecular weight is 182 g/mol. The molecule has 1 atom stereocenters. The number of aryl methyl sites for hydroxylation is 1. The number of hydrogen-bond acceptors (Lipinski definition) is 3. The van der Waals surface area contributed by atoms with E-state index in [1.54, 1.807) is 10.7 Å². The van der Waals surface area contributed by atoms with E-state index in [0.29, 0.717) is 12.3 Å². The van der Waals surface area contributed by atoms with Crippen LogP contribution in [-0.2, 0) is 4.74 Å². The first-order chi connectivity index (χ1) is 6.19. The van der Waals surface area contributed by atoms with Gasteiger partial charge in [-0.2, -0.15) is 5.10 Å². The summed E-state index contributed by atoms with van der Waals surface area (Å²) in [5, 5.41) is 4.16. The number of nitrogens with zero attached hydrogens (tertiary/aromatic N) is 2. The Bertz CT molecular complexity index is 294. The molecule has 0 spiro atoms. The zero-order valence-corrected chi connectivity index (χ0v) is 8.15. The molecule has 0 aromatic carbocycles. The molecule has 0 N–H and O–H groups in total. The molecule has 72 valence electrons. The predicted molar refractivity (Wildman–Crippen MR) is 48.7 cm³/mol. The molecular formula is C9H14N2O2. The van der Waals surface area contributed by atoms with Crippen molar-refractivity contribution >= 4 is 6.29 Å². The highest BCUT2D eigenvalue weighted by atomic mass is 16.5. The van der Waals surface area contributed by atoms with Gasteiger partial charge in [0.05, 0.1) is 5.69 Å². The molecule has 4 heteroatoms. The number of hydrogen-bond donors (Lipinski definition) is 0. The van der Waals surface area contributed by atoms with Crippen LogP contribution in [0.3, 0.4) is 0 Å². The van der Waals surface area contributed by atoms with E-state index in [4.69, 9.17) is 4.74 Å². The first kappa shape index (κ1) is 9.92. The van der Waals surface area contributed by atoms with Crippen LogP contribution >= 0.6 is 0 Å². The Morgan fingerprint density at radius 1 is 1.77 bits per heavy atom. The second-order valence-electron chi connectivity index (χ2n) is 2.83. The van der Waals surface area contributed by atoms with Crippen molar-refractivity contribution in [3.8, 4) is 0 Å². The third kappa shape index (κ3) is 2.15. The number of aromatic nitrogens is 2. The molecule has 1 aromatic heterocycles. The fourth-order valence-electron chi connectivity index (χ4n) is 1.23. The molecule has 13 heavy (non-hydrogen) atoms. The Kier molecular flexibility index (Phi) is 3.19. The van der Waals surface area contributed by atoms with Gasteiger partial charge in [0.2, 0.25) is 0 Å². The summed E-state index contributed by atoms with van der Waals surface area (Å²) >= 11 is 0. The molecule has 4 nitrogen and oxygen atoms in total. The maximum Gasteiger partial charge on any atom is 0.168 e. The van der Waals surface area contributed by atoms with Crippen LogP contribution in [0.4, 0.5) is 0 Å². The van der Waals surface area contributed by atoms with Crippen molar-refractivity contribution in [1.82, 2.24) is 9.78 Å². The normalized spacial score (nSPS) is 12.8. The van der Waals surface area contributed by atoms with Crippen molar-refractivity contribution in [3.63, 3.8) is 0 Å². The van der Waals surface area contributed by atoms with Gasteiger partial charge in [-0.3, -0.25) is 4.79 Å². The average Bonchev–Trinajstić information content (AvgIpc) is 2.47. The molecule has 0 amide bonds. The smallest absolute Gasteiger partial charge is 0.168 e. The fraction of sp³-hybridized carbons (Fsp3) is 0.556. The molecule has 0 aliphatic rings. The van der Waals surface area contributed by atoms with Crippen LogP contribution in [0.15, 0.2) is 6.07 Å². The number of carbonyl (C=O) groups excluding carboxylic acids is 1. The van der Waals surface area contributed by atoms with Crippen LogP contribution in [0, 0.1) is 6.92 Å². The van der Waals surface area contributed by atoms with Crippen LogP contribution in [0.1, 0.15) is 36.3 Å². The minimum atomic E-state index is -0.182. The topological polar surface area (TPSA) is 44.1 Å². The largest absolute Gasteiger partial charge is 0.357 e. The number of rotatable bonds is 4. The molecule has 0 aliphatic heterocycles. The van der Waals surface area contributed by atoms with Crippen LogP contribution < -0.4 is 0 Å². The zero-order chi connectivity index (χ0) is 9.84. The summed E-state index contributed by atoms with van der Waals surface area (Å²) in [5.41, 5.74) is 1.38. The van der Waals surface area contributed by atoms with Crippen molar-refractivity contribution in [1.29, 1.82) is 0 Å². The van der Waals surface area contributed by atoms with E-state index in [9.17, 15) is 4.79 Å². The van der Waals surface area contributed by atoms with Gasteiger partial charge in [-0.1, -0.05) is 0 Å². The van der Waals surface area contributed by atoms with Crippen molar-refractivity contribution in [2.45, 2.75) is 27.0 Å². The highest BCUT2D eigenvalue weighted by Gasteiger charge is 2.10. The SMILES string of the molecule is CCO[C@@H](C)n1nc(C)cc1C=O. The molecular weight excluding hydrogens is 168 g/mol. The summed E-state index contributed by atoms with van der Waals surface area (Å²) in [5.74, 6) is 0. The lowest BCUT2D eigenvalue weighted by atomic mass is 10.4. The second-order valence-corrected chi connectivity index (χ2v) is 2.83. The van der Waals surface area contributed by atoms with E-state index >= 15 is 0 Å². The summed E-state index contributed by atoms with van der Waals surface area (Å²) < 4.78 is 6.91. The molecule has 0 unspecified atom stereocenters. The molecule has 0 radical (unpaired) electrons. The van der Waals surface area contributed by atoms with Gasteiger partial charge in [0.15, 0.2) is 6.29 Å². The first-order valence-electron chi connectivity index (χ1n) is 4.32. The van der Waals surface area contributed by atoms with Crippen molar-refractivity contribution in [3.05, 3.63) is 17.5 Å². The maximum absolute atomic E-state index is 10.6. The lowest BCUT2D eigenvalue weighted by Crippen LogP contribution is -2.13. The van der Waals surface area contributed by atoms with E-state index in [1.807, 2.05) is 20.8 Å². The summed E-state index contributed by atoms with van der Waals surface area (Å²) in [6.07, 6.45) is 0.606. The molecule has 0 fully saturated rings. The highest BCUT2D eigenvalue weighted by molar-refractivity contribution is 5.72. The minimum Gasteiger partial charge on any atom is -0.357 e.